The van der Waals surface area contributed by atoms with Crippen molar-refractivity contribution >= 4 is 29.5 Å². The number of carbonyl (C=O) groups excluding carboxylic acids is 1. The van der Waals surface area contributed by atoms with Gasteiger partial charge in [-0.2, -0.15) is 13.2 Å². The van der Waals surface area contributed by atoms with Crippen molar-refractivity contribution < 1.29 is 41.7 Å². The van der Waals surface area contributed by atoms with E-state index < -0.39 is 52.0 Å². The van der Waals surface area contributed by atoms with Gasteiger partial charge in [-0.1, -0.05) is 0 Å². The van der Waals surface area contributed by atoms with Crippen LogP contribution in [0.4, 0.5) is 35.1 Å². The molecule has 0 radical (unpaired) electrons. The first kappa shape index (κ1) is 35.1. The standard InChI is InChI=1S/C38H41F4N7O5/c39-29-18-26(54-25-2-8-48(9-3-25)34-43-6-1-7-44-34)17-28-30(29)49(20-36(28)4-10-53-11-5-36)35-45-19-27(31(46-35)38(40,41)42)32(50)47-37(33(51)52)23-13-21-12-22(15-23)16-24(37)14-21/h1,6-7,17-19,21-25H,2-5,8-16,20H2,(H,47,50)(H,51,52). The predicted octanol–water partition coefficient (Wildman–Crippen LogP) is 5.68. The summed E-state index contributed by atoms with van der Waals surface area (Å²) in [4.78, 5) is 46.8. The van der Waals surface area contributed by atoms with Crippen molar-refractivity contribution in [1.29, 1.82) is 0 Å². The number of amides is 1. The first-order valence-corrected chi connectivity index (χ1v) is 18.8. The highest BCUT2D eigenvalue weighted by Crippen LogP contribution is 2.58. The van der Waals surface area contributed by atoms with Gasteiger partial charge in [-0.05, 0) is 86.3 Å². The van der Waals surface area contributed by atoms with E-state index in [-0.39, 0.29) is 30.2 Å². The molecule has 286 valence electrons. The molecule has 0 unspecified atom stereocenters. The maximum atomic E-state index is 16.4. The summed E-state index contributed by atoms with van der Waals surface area (Å²) in [7, 11) is 0. The smallest absolute Gasteiger partial charge is 0.434 e. The number of aromatic nitrogens is 4. The van der Waals surface area contributed by atoms with Crippen molar-refractivity contribution in [3.05, 3.63) is 59.4 Å². The zero-order valence-electron chi connectivity index (χ0n) is 29.5. The summed E-state index contributed by atoms with van der Waals surface area (Å²) in [6, 6.07) is 4.78. The van der Waals surface area contributed by atoms with Crippen LogP contribution in [0.15, 0.2) is 36.8 Å². The monoisotopic (exact) mass is 751 g/mol. The summed E-state index contributed by atoms with van der Waals surface area (Å²) in [6.45, 7) is 2.16. The maximum absolute atomic E-state index is 16.4. The van der Waals surface area contributed by atoms with Gasteiger partial charge in [0.2, 0.25) is 11.9 Å². The molecule has 5 heterocycles. The van der Waals surface area contributed by atoms with E-state index in [0.717, 1.165) is 12.6 Å². The number of nitrogens with zero attached hydrogens (tertiary/aromatic N) is 6. The molecule has 16 heteroatoms. The number of nitrogens with one attached hydrogen (secondary N) is 1. The van der Waals surface area contributed by atoms with Crippen molar-refractivity contribution in [1.82, 2.24) is 25.3 Å². The van der Waals surface area contributed by atoms with E-state index in [1.807, 2.05) is 0 Å². The molecule has 1 amide bonds. The first-order valence-electron chi connectivity index (χ1n) is 18.8. The van der Waals surface area contributed by atoms with E-state index in [1.165, 1.54) is 11.0 Å². The third-order valence-electron chi connectivity index (χ3n) is 13.0. The van der Waals surface area contributed by atoms with E-state index in [0.29, 0.717) is 107 Å². The molecule has 7 aliphatic rings. The number of anilines is 3. The number of benzene rings is 1. The van der Waals surface area contributed by atoms with Gasteiger partial charge >= 0.3 is 12.1 Å². The van der Waals surface area contributed by atoms with Gasteiger partial charge in [0.15, 0.2) is 11.5 Å². The number of carbonyl (C=O) groups is 2. The van der Waals surface area contributed by atoms with Gasteiger partial charge < -0.3 is 29.7 Å². The van der Waals surface area contributed by atoms with Gasteiger partial charge in [-0.25, -0.2) is 29.1 Å². The molecule has 10 rings (SSSR count). The number of hydrogen-bond acceptors (Lipinski definition) is 10. The molecule has 6 fully saturated rings. The highest BCUT2D eigenvalue weighted by atomic mass is 19.4. The minimum absolute atomic E-state index is 0.0593. The molecule has 1 aromatic carbocycles. The van der Waals surface area contributed by atoms with Gasteiger partial charge in [0, 0.05) is 75.8 Å². The van der Waals surface area contributed by atoms with Crippen LogP contribution >= 0.6 is 0 Å². The number of piperidine rings is 1. The highest BCUT2D eigenvalue weighted by molar-refractivity contribution is 5.99. The van der Waals surface area contributed by atoms with Crippen molar-refractivity contribution in [2.75, 3.05) is 42.6 Å². The van der Waals surface area contributed by atoms with Gasteiger partial charge in [0.05, 0.1) is 11.3 Å². The molecule has 1 spiro atoms. The molecule has 3 aromatic rings. The SMILES string of the molecule is O=C(NC1(C(=O)O)C2CC3CC(C2)CC1C3)c1cnc(N2CC3(CCOCC3)c3cc(OC4CCN(c5ncccn5)CC4)cc(F)c32)nc1C(F)(F)F. The van der Waals surface area contributed by atoms with E-state index in [2.05, 4.69) is 30.2 Å². The summed E-state index contributed by atoms with van der Waals surface area (Å²) >= 11 is 0. The minimum Gasteiger partial charge on any atom is -0.490 e. The summed E-state index contributed by atoms with van der Waals surface area (Å²) in [5.74, 6) is -2.54. The van der Waals surface area contributed by atoms with Crippen LogP contribution in [-0.4, -0.2) is 81.4 Å². The van der Waals surface area contributed by atoms with Crippen LogP contribution in [0.3, 0.4) is 0 Å². The quantitative estimate of drug-likeness (QED) is 0.288. The van der Waals surface area contributed by atoms with Crippen molar-refractivity contribution in [3.63, 3.8) is 0 Å². The Morgan fingerprint density at radius 1 is 0.944 bits per heavy atom. The third kappa shape index (κ3) is 5.82. The molecular weight excluding hydrogens is 710 g/mol. The predicted molar refractivity (Wildman–Crippen MR) is 185 cm³/mol. The van der Waals surface area contributed by atoms with E-state index in [4.69, 9.17) is 9.47 Å². The molecule has 3 aliphatic heterocycles. The normalized spacial score (nSPS) is 28.7. The second-order valence-corrected chi connectivity index (χ2v) is 16.0. The lowest BCUT2D eigenvalue weighted by atomic mass is 9.48. The van der Waals surface area contributed by atoms with E-state index in [1.54, 1.807) is 24.5 Å². The van der Waals surface area contributed by atoms with Crippen molar-refractivity contribution in [2.24, 2.45) is 23.7 Å². The first-order chi connectivity index (χ1) is 25.9. The third-order valence-corrected chi connectivity index (χ3v) is 13.0. The molecule has 12 nitrogen and oxygen atoms in total. The largest absolute Gasteiger partial charge is 0.490 e. The molecule has 2 saturated heterocycles. The highest BCUT2D eigenvalue weighted by Gasteiger charge is 2.62. The summed E-state index contributed by atoms with van der Waals surface area (Å²) in [5, 5.41) is 13.1. The van der Waals surface area contributed by atoms with Crippen LogP contribution in [0.2, 0.25) is 0 Å². The molecule has 4 saturated carbocycles. The van der Waals surface area contributed by atoms with Crippen LogP contribution in [0.5, 0.6) is 5.75 Å². The number of fused-ring (bicyclic) bond motifs is 2. The van der Waals surface area contributed by atoms with Crippen LogP contribution in [0, 0.1) is 29.5 Å². The Labute approximate surface area is 308 Å². The summed E-state index contributed by atoms with van der Waals surface area (Å²) in [5.41, 5.74) is -4.06. The number of carboxylic acids is 1. The number of alkyl halides is 3. The molecule has 54 heavy (non-hydrogen) atoms. The number of carboxylic acid groups (broad SMARTS) is 1. The van der Waals surface area contributed by atoms with Crippen LogP contribution in [-0.2, 0) is 21.1 Å². The van der Waals surface area contributed by atoms with Gasteiger partial charge in [0.25, 0.3) is 5.91 Å². The van der Waals surface area contributed by atoms with Gasteiger partial charge in [0.1, 0.15) is 17.4 Å². The number of rotatable bonds is 7. The molecule has 4 aliphatic carbocycles. The fourth-order valence-electron chi connectivity index (χ4n) is 10.6. The van der Waals surface area contributed by atoms with Crippen LogP contribution in [0.25, 0.3) is 0 Å². The zero-order valence-corrected chi connectivity index (χ0v) is 29.5. The van der Waals surface area contributed by atoms with Gasteiger partial charge in [-0.3, -0.25) is 4.79 Å². The number of aliphatic carboxylic acids is 1. The number of hydrogen-bond donors (Lipinski definition) is 2. The van der Waals surface area contributed by atoms with Crippen LogP contribution in [0.1, 0.15) is 79.4 Å². The number of ether oxygens (including phenoxy) is 2. The zero-order chi connectivity index (χ0) is 37.4. The van der Waals surface area contributed by atoms with Gasteiger partial charge in [-0.15, -0.1) is 0 Å². The molecule has 2 N–H and O–H groups in total. The average Bonchev–Trinajstić information content (AvgIpc) is 3.46. The molecule has 2 aromatic heterocycles. The maximum Gasteiger partial charge on any atom is 0.434 e. The lowest BCUT2D eigenvalue weighted by Crippen LogP contribution is -2.70. The summed E-state index contributed by atoms with van der Waals surface area (Å²) in [6.07, 6.45) is 4.66. The Balaban J connectivity index is 1.01. The topological polar surface area (TPSA) is 143 Å². The minimum atomic E-state index is -5.10. The van der Waals surface area contributed by atoms with E-state index >= 15 is 4.39 Å². The number of halogens is 4. The Morgan fingerprint density at radius 3 is 2.24 bits per heavy atom. The second kappa shape index (κ2) is 13.0. The molecular formula is C38H41F4N7O5. The lowest BCUT2D eigenvalue weighted by Gasteiger charge is -2.59. The molecule has 4 bridgehead atoms. The van der Waals surface area contributed by atoms with Crippen LogP contribution < -0.4 is 19.9 Å². The Kier molecular flexibility index (Phi) is 8.47. The fourth-order valence-corrected chi connectivity index (χ4v) is 10.6. The molecule has 0 atom stereocenters. The van der Waals surface area contributed by atoms with Crippen molar-refractivity contribution in [3.8, 4) is 5.75 Å². The Morgan fingerprint density at radius 2 is 1.61 bits per heavy atom. The summed E-state index contributed by atoms with van der Waals surface area (Å²) < 4.78 is 72.7. The Hall–Kier alpha value is -4.60. The average molecular weight is 752 g/mol. The lowest BCUT2D eigenvalue weighted by molar-refractivity contribution is -0.163. The van der Waals surface area contributed by atoms with Crippen molar-refractivity contribution in [2.45, 2.75) is 81.0 Å². The second-order valence-electron chi connectivity index (χ2n) is 16.0. The fraction of sp³-hybridized carbons (Fsp3) is 0.579. The Bertz CT molecular complexity index is 1920. The van der Waals surface area contributed by atoms with E-state index in [9.17, 15) is 27.9 Å².